The molecule has 1 aliphatic rings. The van der Waals surface area contributed by atoms with Gasteiger partial charge in [0.15, 0.2) is 0 Å². The Hall–Kier alpha value is -1.09. The van der Waals surface area contributed by atoms with Gasteiger partial charge in [0.05, 0.1) is 18.0 Å². The molecule has 0 aromatic carbocycles. The van der Waals surface area contributed by atoms with E-state index < -0.39 is 34.1 Å². The summed E-state index contributed by atoms with van der Waals surface area (Å²) in [5, 5.41) is 27.1. The molecule has 4 N–H and O–H groups in total. The first-order chi connectivity index (χ1) is 8.04. The van der Waals surface area contributed by atoms with Crippen LogP contribution in [0.3, 0.4) is 0 Å². The highest BCUT2D eigenvalue weighted by Crippen LogP contribution is 2.40. The summed E-state index contributed by atoms with van der Waals surface area (Å²) < 4.78 is 1.13. The van der Waals surface area contributed by atoms with Gasteiger partial charge in [-0.25, -0.2) is 4.79 Å². The molecule has 1 fully saturated rings. The van der Waals surface area contributed by atoms with Crippen LogP contribution in [0.25, 0.3) is 0 Å². The van der Waals surface area contributed by atoms with E-state index in [0.717, 1.165) is 22.4 Å². The number of aromatic amines is 1. The van der Waals surface area contributed by atoms with Gasteiger partial charge < -0.3 is 15.3 Å². The maximum absolute atomic E-state index is 11.5. The van der Waals surface area contributed by atoms with Gasteiger partial charge in [-0.1, -0.05) is 0 Å². The van der Waals surface area contributed by atoms with Gasteiger partial charge in [0.2, 0.25) is 0 Å². The van der Waals surface area contributed by atoms with Gasteiger partial charge in [0.1, 0.15) is 11.5 Å². The van der Waals surface area contributed by atoms with Crippen LogP contribution in [0.2, 0.25) is 0 Å². The minimum Gasteiger partial charge on any atom is -0.395 e. The second-order valence-corrected chi connectivity index (χ2v) is 5.11. The first kappa shape index (κ1) is 12.4. The first-order valence-corrected chi connectivity index (χ1v) is 5.93. The Morgan fingerprint density at radius 2 is 2.06 bits per heavy atom. The number of thioether (sulfide) groups is 1. The van der Waals surface area contributed by atoms with Crippen molar-refractivity contribution in [3.8, 4) is 0 Å². The molecule has 17 heavy (non-hydrogen) atoms. The highest BCUT2D eigenvalue weighted by Gasteiger charge is 2.43. The number of aliphatic hydroxyl groups is 3. The Morgan fingerprint density at radius 1 is 1.35 bits per heavy atom. The van der Waals surface area contributed by atoms with Crippen LogP contribution in [0, 0.1) is 0 Å². The van der Waals surface area contributed by atoms with Crippen LogP contribution in [0.15, 0.2) is 21.9 Å². The normalized spacial score (nSPS) is 32.9. The quantitative estimate of drug-likeness (QED) is 0.482. The standard InChI is InChI=1S/C9H12N2O5S/c12-3-4-6(14)7(15)8(17-4)11-2-1-5(13)10-9(11)16/h1-2,4,6-8,12,14-15H,3H2,(H,10,13,16)/t4-,6-,7-,8?/m1/s1. The second kappa shape index (κ2) is 4.65. The summed E-state index contributed by atoms with van der Waals surface area (Å²) in [6.07, 6.45) is -1.01. The Bertz CT molecular complexity index is 513. The van der Waals surface area contributed by atoms with Crippen LogP contribution in [0.1, 0.15) is 5.37 Å². The molecule has 94 valence electrons. The van der Waals surface area contributed by atoms with Crippen LogP contribution in [0.5, 0.6) is 0 Å². The van der Waals surface area contributed by atoms with E-state index in [2.05, 4.69) is 4.98 Å². The molecule has 1 aromatic rings. The molecule has 0 aliphatic carbocycles. The summed E-state index contributed by atoms with van der Waals surface area (Å²) in [4.78, 5) is 24.5. The zero-order valence-electron chi connectivity index (χ0n) is 8.68. The molecular weight excluding hydrogens is 248 g/mol. The Morgan fingerprint density at radius 3 is 2.59 bits per heavy atom. The lowest BCUT2D eigenvalue weighted by Crippen LogP contribution is -2.37. The summed E-state index contributed by atoms with van der Waals surface area (Å²) in [7, 11) is 0. The third-order valence-electron chi connectivity index (χ3n) is 2.64. The number of aromatic nitrogens is 2. The largest absolute Gasteiger partial charge is 0.395 e. The zero-order chi connectivity index (χ0) is 12.6. The Balaban J connectivity index is 2.35. The smallest absolute Gasteiger partial charge is 0.329 e. The van der Waals surface area contributed by atoms with Crippen molar-refractivity contribution in [3.05, 3.63) is 33.1 Å². The lowest BCUT2D eigenvalue weighted by atomic mass is 10.1. The summed E-state index contributed by atoms with van der Waals surface area (Å²) in [6.45, 7) is -0.294. The fraction of sp³-hybridized carbons (Fsp3) is 0.556. The van der Waals surface area contributed by atoms with E-state index in [1.54, 1.807) is 0 Å². The molecule has 1 aliphatic heterocycles. The van der Waals surface area contributed by atoms with Crippen molar-refractivity contribution in [1.82, 2.24) is 9.55 Å². The van der Waals surface area contributed by atoms with E-state index in [4.69, 9.17) is 5.11 Å². The number of nitrogens with one attached hydrogen (secondary N) is 1. The number of H-pyrrole nitrogens is 1. The highest BCUT2D eigenvalue weighted by molar-refractivity contribution is 8.00. The average Bonchev–Trinajstić information content (AvgIpc) is 2.57. The van der Waals surface area contributed by atoms with Crippen LogP contribution in [-0.2, 0) is 0 Å². The molecule has 7 nitrogen and oxygen atoms in total. The average molecular weight is 260 g/mol. The number of rotatable bonds is 2. The summed E-state index contributed by atoms with van der Waals surface area (Å²) in [5.41, 5.74) is -1.18. The Labute approximate surface area is 99.7 Å². The van der Waals surface area contributed by atoms with Crippen molar-refractivity contribution in [3.63, 3.8) is 0 Å². The van der Waals surface area contributed by atoms with Crippen molar-refractivity contribution in [2.75, 3.05) is 6.61 Å². The predicted molar refractivity (Wildman–Crippen MR) is 60.8 cm³/mol. The van der Waals surface area contributed by atoms with E-state index >= 15 is 0 Å². The molecule has 1 saturated heterocycles. The summed E-state index contributed by atoms with van der Waals surface area (Å²) in [5.74, 6) is 0. The van der Waals surface area contributed by atoms with Gasteiger partial charge in [0.25, 0.3) is 5.56 Å². The predicted octanol–water partition coefficient (Wildman–Crippen LogP) is -2.14. The third kappa shape index (κ3) is 2.16. The van der Waals surface area contributed by atoms with Gasteiger partial charge in [-0.15, -0.1) is 11.8 Å². The molecule has 0 bridgehead atoms. The maximum Gasteiger partial charge on any atom is 0.329 e. The van der Waals surface area contributed by atoms with E-state index in [1.807, 2.05) is 0 Å². The van der Waals surface area contributed by atoms with Crippen molar-refractivity contribution >= 4 is 11.8 Å². The van der Waals surface area contributed by atoms with Gasteiger partial charge >= 0.3 is 5.69 Å². The molecule has 0 radical (unpaired) electrons. The van der Waals surface area contributed by atoms with Crippen LogP contribution in [-0.4, -0.2) is 48.9 Å². The molecule has 0 amide bonds. The molecular formula is C9H12N2O5S. The van der Waals surface area contributed by atoms with Crippen molar-refractivity contribution in [2.45, 2.75) is 22.8 Å². The van der Waals surface area contributed by atoms with Gasteiger partial charge in [-0.05, 0) is 0 Å². The van der Waals surface area contributed by atoms with E-state index in [1.165, 1.54) is 6.20 Å². The van der Waals surface area contributed by atoms with Gasteiger partial charge in [-0.3, -0.25) is 14.3 Å². The highest BCUT2D eigenvalue weighted by atomic mass is 32.2. The maximum atomic E-state index is 11.5. The van der Waals surface area contributed by atoms with E-state index in [9.17, 15) is 19.8 Å². The third-order valence-corrected chi connectivity index (χ3v) is 4.20. The molecule has 8 heteroatoms. The minimum absolute atomic E-state index is 0.294. The van der Waals surface area contributed by atoms with Crippen molar-refractivity contribution in [1.29, 1.82) is 0 Å². The SMILES string of the molecule is O=c1ccn(C2S[C@H](CO)[C@@H](O)[C@H]2O)c(=O)[nH]1. The van der Waals surface area contributed by atoms with Crippen molar-refractivity contribution < 1.29 is 15.3 Å². The molecule has 4 atom stereocenters. The number of hydrogen-bond donors (Lipinski definition) is 4. The van der Waals surface area contributed by atoms with Crippen LogP contribution >= 0.6 is 11.8 Å². The van der Waals surface area contributed by atoms with Crippen molar-refractivity contribution in [2.24, 2.45) is 0 Å². The van der Waals surface area contributed by atoms with E-state index in [0.29, 0.717) is 0 Å². The van der Waals surface area contributed by atoms with Gasteiger partial charge in [-0.2, -0.15) is 0 Å². The molecule has 0 saturated carbocycles. The fourth-order valence-electron chi connectivity index (χ4n) is 1.74. The van der Waals surface area contributed by atoms with Crippen LogP contribution in [0.4, 0.5) is 0 Å². The van der Waals surface area contributed by atoms with E-state index in [-0.39, 0.29) is 6.61 Å². The Kier molecular flexibility index (Phi) is 3.38. The number of aliphatic hydroxyl groups excluding tert-OH is 3. The molecule has 1 unspecified atom stereocenters. The molecule has 1 aromatic heterocycles. The number of hydrogen-bond acceptors (Lipinski definition) is 6. The molecule has 0 spiro atoms. The lowest BCUT2D eigenvalue weighted by molar-refractivity contribution is 0.0101. The topological polar surface area (TPSA) is 116 Å². The monoisotopic (exact) mass is 260 g/mol. The summed E-state index contributed by atoms with van der Waals surface area (Å²) in [6, 6.07) is 1.16. The first-order valence-electron chi connectivity index (χ1n) is 4.98. The zero-order valence-corrected chi connectivity index (χ0v) is 9.50. The molecule has 2 rings (SSSR count). The van der Waals surface area contributed by atoms with Gasteiger partial charge in [0, 0.05) is 12.3 Å². The summed E-state index contributed by atoms with van der Waals surface area (Å²) >= 11 is 1.09. The lowest BCUT2D eigenvalue weighted by Gasteiger charge is -2.17. The second-order valence-electron chi connectivity index (χ2n) is 3.75. The fourth-order valence-corrected chi connectivity index (χ4v) is 3.12. The van der Waals surface area contributed by atoms with Crippen LogP contribution < -0.4 is 11.2 Å². The molecule has 2 heterocycles. The minimum atomic E-state index is -1.17. The number of nitrogens with zero attached hydrogens (tertiary/aromatic N) is 1.